The number of nitriles is 1. The Morgan fingerprint density at radius 3 is 2.80 bits per heavy atom. The second-order valence-corrected chi connectivity index (χ2v) is 7.52. The topological polar surface area (TPSA) is 67.0 Å². The minimum absolute atomic E-state index is 0.0929. The largest absolute Gasteiger partial charge is 0.417 e. The van der Waals surface area contributed by atoms with Gasteiger partial charge in [0.2, 0.25) is 0 Å². The van der Waals surface area contributed by atoms with E-state index in [2.05, 4.69) is 10.2 Å². The van der Waals surface area contributed by atoms with Crippen LogP contribution >= 0.6 is 0 Å². The van der Waals surface area contributed by atoms with Gasteiger partial charge in [-0.2, -0.15) is 18.4 Å². The van der Waals surface area contributed by atoms with E-state index in [9.17, 15) is 13.2 Å². The molecule has 1 saturated carbocycles. The molecule has 1 aliphatic carbocycles. The van der Waals surface area contributed by atoms with Gasteiger partial charge in [-0.05, 0) is 44.4 Å². The summed E-state index contributed by atoms with van der Waals surface area (Å²) in [6.07, 6.45) is 0.768. The molecule has 0 bridgehead atoms. The SMILES string of the molecule is CCN(c1ccc(C#N)c(C(F)(F)F)c1)C1CCCC(c2nncn2CCOC)C1. The van der Waals surface area contributed by atoms with Crippen molar-refractivity contribution < 1.29 is 17.9 Å². The molecule has 1 aliphatic rings. The van der Waals surface area contributed by atoms with Crippen molar-refractivity contribution in [1.29, 1.82) is 5.26 Å². The molecule has 0 N–H and O–H groups in total. The number of nitrogens with zero attached hydrogens (tertiary/aromatic N) is 5. The lowest BCUT2D eigenvalue weighted by atomic mass is 9.84. The van der Waals surface area contributed by atoms with E-state index in [0.29, 0.717) is 25.4 Å². The Morgan fingerprint density at radius 1 is 1.33 bits per heavy atom. The summed E-state index contributed by atoms with van der Waals surface area (Å²) in [6, 6.07) is 5.72. The van der Waals surface area contributed by atoms with Gasteiger partial charge < -0.3 is 14.2 Å². The highest BCUT2D eigenvalue weighted by Crippen LogP contribution is 2.38. The van der Waals surface area contributed by atoms with Crippen LogP contribution in [0.4, 0.5) is 18.9 Å². The third-order valence-electron chi connectivity index (χ3n) is 5.74. The summed E-state index contributed by atoms with van der Waals surface area (Å²) in [6.45, 7) is 3.75. The van der Waals surface area contributed by atoms with Crippen LogP contribution in [-0.4, -0.2) is 41.1 Å². The second kappa shape index (κ2) is 9.47. The van der Waals surface area contributed by atoms with Crippen molar-refractivity contribution in [3.8, 4) is 6.07 Å². The molecule has 2 unspecified atom stereocenters. The van der Waals surface area contributed by atoms with E-state index in [1.807, 2.05) is 16.4 Å². The Morgan fingerprint density at radius 2 is 2.13 bits per heavy atom. The molecular weight excluding hydrogens is 395 g/mol. The molecule has 2 atom stereocenters. The van der Waals surface area contributed by atoms with E-state index in [1.165, 1.54) is 6.07 Å². The van der Waals surface area contributed by atoms with Gasteiger partial charge in [-0.25, -0.2) is 0 Å². The normalized spacial score (nSPS) is 19.5. The zero-order valence-electron chi connectivity index (χ0n) is 17.2. The van der Waals surface area contributed by atoms with Gasteiger partial charge in [-0.15, -0.1) is 10.2 Å². The first-order chi connectivity index (χ1) is 14.4. The number of aromatic nitrogens is 3. The van der Waals surface area contributed by atoms with Crippen LogP contribution in [-0.2, 0) is 17.5 Å². The van der Waals surface area contributed by atoms with E-state index in [4.69, 9.17) is 10.00 Å². The van der Waals surface area contributed by atoms with Gasteiger partial charge in [0.1, 0.15) is 12.2 Å². The van der Waals surface area contributed by atoms with Crippen molar-refractivity contribution in [3.05, 3.63) is 41.5 Å². The van der Waals surface area contributed by atoms with E-state index < -0.39 is 11.7 Å². The molecule has 0 aliphatic heterocycles. The van der Waals surface area contributed by atoms with Crippen LogP contribution in [0.2, 0.25) is 0 Å². The molecule has 162 valence electrons. The van der Waals surface area contributed by atoms with E-state index in [1.54, 1.807) is 25.6 Å². The fourth-order valence-electron chi connectivity index (χ4n) is 4.32. The number of methoxy groups -OCH3 is 1. The van der Waals surface area contributed by atoms with Crippen molar-refractivity contribution in [1.82, 2.24) is 14.8 Å². The average Bonchev–Trinajstić information content (AvgIpc) is 3.21. The number of alkyl halides is 3. The maximum atomic E-state index is 13.4. The summed E-state index contributed by atoms with van der Waals surface area (Å²) in [7, 11) is 1.65. The lowest BCUT2D eigenvalue weighted by Gasteiger charge is -2.38. The lowest BCUT2D eigenvalue weighted by molar-refractivity contribution is -0.137. The third kappa shape index (κ3) is 4.75. The predicted molar refractivity (Wildman–Crippen MR) is 106 cm³/mol. The van der Waals surface area contributed by atoms with E-state index in [-0.39, 0.29) is 17.5 Å². The third-order valence-corrected chi connectivity index (χ3v) is 5.74. The summed E-state index contributed by atoms with van der Waals surface area (Å²) in [5.74, 6) is 1.10. The van der Waals surface area contributed by atoms with Crippen LogP contribution in [0.5, 0.6) is 0 Å². The first-order valence-electron chi connectivity index (χ1n) is 10.1. The molecule has 1 fully saturated rings. The summed E-state index contributed by atoms with van der Waals surface area (Å²) in [4.78, 5) is 2.01. The van der Waals surface area contributed by atoms with Gasteiger partial charge in [0.15, 0.2) is 0 Å². The Balaban J connectivity index is 1.84. The Bertz CT molecular complexity index is 889. The molecular formula is C21H26F3N5O. The number of rotatable bonds is 7. The predicted octanol–water partition coefficient (Wildman–Crippen LogP) is 4.37. The first-order valence-corrected chi connectivity index (χ1v) is 10.1. The summed E-state index contributed by atoms with van der Waals surface area (Å²) < 4.78 is 47.4. The van der Waals surface area contributed by atoms with Gasteiger partial charge in [-0.3, -0.25) is 0 Å². The Labute approximate surface area is 174 Å². The molecule has 1 aromatic carbocycles. The maximum Gasteiger partial charge on any atom is 0.417 e. The maximum absolute atomic E-state index is 13.4. The van der Waals surface area contributed by atoms with Gasteiger partial charge in [0, 0.05) is 37.8 Å². The minimum atomic E-state index is -4.56. The number of anilines is 1. The molecule has 1 heterocycles. The van der Waals surface area contributed by atoms with Gasteiger partial charge in [-0.1, -0.05) is 6.42 Å². The van der Waals surface area contributed by atoms with Crippen LogP contribution < -0.4 is 4.90 Å². The van der Waals surface area contributed by atoms with E-state index in [0.717, 1.165) is 37.6 Å². The van der Waals surface area contributed by atoms with Crippen LogP contribution in [0, 0.1) is 11.3 Å². The number of hydrogen-bond donors (Lipinski definition) is 0. The van der Waals surface area contributed by atoms with Crippen molar-refractivity contribution in [2.45, 2.75) is 57.3 Å². The quantitative estimate of drug-likeness (QED) is 0.664. The van der Waals surface area contributed by atoms with E-state index >= 15 is 0 Å². The van der Waals surface area contributed by atoms with Crippen LogP contribution in [0.3, 0.4) is 0 Å². The fraction of sp³-hybridized carbons (Fsp3) is 0.571. The molecule has 9 heteroatoms. The number of ether oxygens (including phenoxy) is 1. The molecule has 0 radical (unpaired) electrons. The highest BCUT2D eigenvalue weighted by Gasteiger charge is 2.35. The molecule has 30 heavy (non-hydrogen) atoms. The zero-order valence-corrected chi connectivity index (χ0v) is 17.2. The van der Waals surface area contributed by atoms with Crippen LogP contribution in [0.1, 0.15) is 55.5 Å². The average molecular weight is 421 g/mol. The van der Waals surface area contributed by atoms with Gasteiger partial charge in [0.25, 0.3) is 0 Å². The monoisotopic (exact) mass is 421 g/mol. The fourth-order valence-corrected chi connectivity index (χ4v) is 4.32. The summed E-state index contributed by atoms with van der Waals surface area (Å²) in [5.41, 5.74) is -0.738. The molecule has 0 amide bonds. The van der Waals surface area contributed by atoms with Crippen molar-refractivity contribution in [2.24, 2.45) is 0 Å². The van der Waals surface area contributed by atoms with Gasteiger partial charge in [0.05, 0.1) is 23.8 Å². The lowest BCUT2D eigenvalue weighted by Crippen LogP contribution is -2.39. The molecule has 0 saturated heterocycles. The summed E-state index contributed by atoms with van der Waals surface area (Å²) in [5, 5.41) is 17.4. The number of halogens is 3. The summed E-state index contributed by atoms with van der Waals surface area (Å²) >= 11 is 0. The number of benzene rings is 1. The standard InChI is InChI=1S/C21H26F3N5O/c1-3-29(18-8-7-16(13-25)19(12-18)21(22,23)24)17-6-4-5-15(11-17)20-27-26-14-28(20)9-10-30-2/h7-8,12,14-15,17H,3-6,9-11H2,1-2H3. The van der Waals surface area contributed by atoms with Crippen LogP contribution in [0.15, 0.2) is 24.5 Å². The van der Waals surface area contributed by atoms with Crippen molar-refractivity contribution in [2.75, 3.05) is 25.2 Å². The highest BCUT2D eigenvalue weighted by molar-refractivity contribution is 5.55. The molecule has 1 aromatic heterocycles. The second-order valence-electron chi connectivity index (χ2n) is 7.52. The Kier molecular flexibility index (Phi) is 6.98. The van der Waals surface area contributed by atoms with Gasteiger partial charge >= 0.3 is 6.18 Å². The first kappa shape index (κ1) is 22.1. The molecule has 6 nitrogen and oxygen atoms in total. The number of hydrogen-bond acceptors (Lipinski definition) is 5. The molecule has 2 aromatic rings. The smallest absolute Gasteiger partial charge is 0.383 e. The zero-order chi connectivity index (χ0) is 21.7. The molecule has 3 rings (SSSR count). The van der Waals surface area contributed by atoms with Crippen molar-refractivity contribution in [3.63, 3.8) is 0 Å². The van der Waals surface area contributed by atoms with Crippen molar-refractivity contribution >= 4 is 5.69 Å². The minimum Gasteiger partial charge on any atom is -0.383 e. The molecule has 0 spiro atoms. The Hall–Kier alpha value is -2.60. The highest BCUT2D eigenvalue weighted by atomic mass is 19.4. The van der Waals surface area contributed by atoms with Crippen LogP contribution in [0.25, 0.3) is 0 Å².